The molecule has 0 bridgehead atoms. The second-order valence-electron chi connectivity index (χ2n) is 15.6. The first-order valence-electron chi connectivity index (χ1n) is 20.9. The zero-order chi connectivity index (χ0) is 41.4. The monoisotopic (exact) mass is 793 g/mol. The summed E-state index contributed by atoms with van der Waals surface area (Å²) in [5.74, 6) is 1.22. The van der Waals surface area contributed by atoms with E-state index in [-0.39, 0.29) is 0 Å². The standard InChI is InChI=1S/C57H39N5/c1-38-26-28-39(29-27-38)44-30-32-47-46-24-14-15-25-53(46)62(55(47)35-44)54-33-31-45(56-58-49(40-16-6-2-7-17-40)36-50(59-56)41-18-8-3-9-19-41)34-48(54)57-60-51(42-20-10-4-11-21-42)37-52(61-57)43-22-12-5-13-23-43/h2-37H,1H3. The third-order valence-electron chi connectivity index (χ3n) is 11.5. The minimum absolute atomic E-state index is 0.602. The van der Waals surface area contributed by atoms with Crippen LogP contribution in [0.3, 0.4) is 0 Å². The third kappa shape index (κ3) is 6.91. The molecule has 0 N–H and O–H groups in total. The minimum atomic E-state index is 0.602. The van der Waals surface area contributed by atoms with Gasteiger partial charge in [0.25, 0.3) is 0 Å². The Bertz CT molecular complexity index is 3260. The molecular weight excluding hydrogens is 755 g/mol. The smallest absolute Gasteiger partial charge is 0.162 e. The van der Waals surface area contributed by atoms with Crippen LogP contribution in [0.2, 0.25) is 0 Å². The first-order chi connectivity index (χ1) is 30.6. The Hall–Kier alpha value is -8.28. The molecule has 5 heteroatoms. The minimum Gasteiger partial charge on any atom is -0.308 e. The topological polar surface area (TPSA) is 56.5 Å². The van der Waals surface area contributed by atoms with E-state index in [1.165, 1.54) is 21.9 Å². The summed E-state index contributed by atoms with van der Waals surface area (Å²) in [7, 11) is 0. The predicted molar refractivity (Wildman–Crippen MR) is 255 cm³/mol. The van der Waals surface area contributed by atoms with Gasteiger partial charge in [-0.3, -0.25) is 0 Å². The first kappa shape index (κ1) is 36.8. The highest BCUT2D eigenvalue weighted by Crippen LogP contribution is 2.40. The van der Waals surface area contributed by atoms with Crippen molar-refractivity contribution < 1.29 is 0 Å². The molecule has 3 heterocycles. The maximum absolute atomic E-state index is 5.40. The molecule has 62 heavy (non-hydrogen) atoms. The average molecular weight is 794 g/mol. The SMILES string of the molecule is Cc1ccc(-c2ccc3c4ccccc4n(-c4ccc(-c5nc(-c6ccccc6)cc(-c6ccccc6)n5)cc4-c4nc(-c5ccccc5)cc(-c5ccccc5)n4)c3c2)cc1. The molecule has 0 atom stereocenters. The van der Waals surface area contributed by atoms with Crippen LogP contribution >= 0.6 is 0 Å². The highest BCUT2D eigenvalue weighted by molar-refractivity contribution is 6.10. The summed E-state index contributed by atoms with van der Waals surface area (Å²) >= 11 is 0. The van der Waals surface area contributed by atoms with Crippen LogP contribution in [0, 0.1) is 6.92 Å². The average Bonchev–Trinajstić information content (AvgIpc) is 3.68. The maximum Gasteiger partial charge on any atom is 0.162 e. The maximum atomic E-state index is 5.40. The molecule has 0 spiro atoms. The number of nitrogens with zero attached hydrogens (tertiary/aromatic N) is 5. The summed E-state index contributed by atoms with van der Waals surface area (Å²) in [5, 5.41) is 2.34. The molecule has 0 saturated heterocycles. The Kier molecular flexibility index (Phi) is 9.32. The highest BCUT2D eigenvalue weighted by atomic mass is 15.0. The van der Waals surface area contributed by atoms with E-state index >= 15 is 0 Å². The molecule has 0 aliphatic heterocycles. The lowest BCUT2D eigenvalue weighted by molar-refractivity contribution is 1.13. The van der Waals surface area contributed by atoms with Gasteiger partial charge in [0.2, 0.25) is 0 Å². The molecular formula is C57H39N5. The Morgan fingerprint density at radius 1 is 0.306 bits per heavy atom. The van der Waals surface area contributed by atoms with E-state index in [0.717, 1.165) is 78.4 Å². The van der Waals surface area contributed by atoms with E-state index in [1.54, 1.807) is 0 Å². The largest absolute Gasteiger partial charge is 0.308 e. The molecule has 0 aliphatic carbocycles. The number of hydrogen-bond acceptors (Lipinski definition) is 4. The number of hydrogen-bond donors (Lipinski definition) is 0. The summed E-state index contributed by atoms with van der Waals surface area (Å²) in [4.78, 5) is 21.3. The van der Waals surface area contributed by atoms with Crippen LogP contribution in [-0.2, 0) is 0 Å². The zero-order valence-corrected chi connectivity index (χ0v) is 34.0. The van der Waals surface area contributed by atoms with Crippen LogP contribution in [-0.4, -0.2) is 24.5 Å². The molecule has 11 rings (SSSR count). The fraction of sp³-hybridized carbons (Fsp3) is 0.0175. The van der Waals surface area contributed by atoms with Gasteiger partial charge in [-0.1, -0.05) is 181 Å². The van der Waals surface area contributed by atoms with Crippen LogP contribution in [0.25, 0.3) is 106 Å². The second kappa shape index (κ2) is 15.7. The molecule has 0 unspecified atom stereocenters. The summed E-state index contributed by atoms with van der Waals surface area (Å²) in [6, 6.07) is 76.2. The van der Waals surface area contributed by atoms with Gasteiger partial charge in [0.1, 0.15) is 0 Å². The van der Waals surface area contributed by atoms with Crippen molar-refractivity contribution in [2.45, 2.75) is 6.92 Å². The first-order valence-corrected chi connectivity index (χ1v) is 20.9. The molecule has 0 fully saturated rings. The summed E-state index contributed by atoms with van der Waals surface area (Å²) in [6.07, 6.45) is 0. The van der Waals surface area contributed by atoms with Gasteiger partial charge in [-0.25, -0.2) is 19.9 Å². The molecule has 0 saturated carbocycles. The number of aryl methyl sites for hydroxylation is 1. The van der Waals surface area contributed by atoms with E-state index in [1.807, 2.05) is 48.5 Å². The Morgan fingerprint density at radius 2 is 0.742 bits per heavy atom. The number of benzene rings is 8. The van der Waals surface area contributed by atoms with Crippen LogP contribution in [0.1, 0.15) is 5.56 Å². The van der Waals surface area contributed by atoms with E-state index < -0.39 is 0 Å². The number of aromatic nitrogens is 5. The molecule has 11 aromatic rings. The second-order valence-corrected chi connectivity index (χ2v) is 15.6. The molecule has 0 radical (unpaired) electrons. The predicted octanol–water partition coefficient (Wildman–Crippen LogP) is 14.3. The van der Waals surface area contributed by atoms with Crippen LogP contribution < -0.4 is 0 Å². The molecule has 0 aliphatic rings. The molecule has 0 amide bonds. The van der Waals surface area contributed by atoms with Gasteiger partial charge < -0.3 is 4.57 Å². The van der Waals surface area contributed by atoms with Gasteiger partial charge >= 0.3 is 0 Å². The van der Waals surface area contributed by atoms with Crippen molar-refractivity contribution in [1.82, 2.24) is 24.5 Å². The van der Waals surface area contributed by atoms with E-state index in [2.05, 4.69) is 181 Å². The quantitative estimate of drug-likeness (QED) is 0.154. The Balaban J connectivity index is 1.21. The lowest BCUT2D eigenvalue weighted by atomic mass is 10.0. The van der Waals surface area contributed by atoms with E-state index in [9.17, 15) is 0 Å². The summed E-state index contributed by atoms with van der Waals surface area (Å²) in [5.41, 5.74) is 15.8. The number of rotatable bonds is 8. The van der Waals surface area contributed by atoms with Crippen molar-refractivity contribution in [3.8, 4) is 84.6 Å². The van der Waals surface area contributed by atoms with Gasteiger partial charge in [0, 0.05) is 44.2 Å². The molecule has 292 valence electrons. The summed E-state index contributed by atoms with van der Waals surface area (Å²) < 4.78 is 2.37. The van der Waals surface area contributed by atoms with Crippen molar-refractivity contribution in [1.29, 1.82) is 0 Å². The fourth-order valence-corrected chi connectivity index (χ4v) is 8.38. The van der Waals surface area contributed by atoms with Crippen molar-refractivity contribution in [2.75, 3.05) is 0 Å². The van der Waals surface area contributed by atoms with E-state index in [4.69, 9.17) is 19.9 Å². The number of para-hydroxylation sites is 1. The van der Waals surface area contributed by atoms with E-state index in [0.29, 0.717) is 11.6 Å². The summed E-state index contributed by atoms with van der Waals surface area (Å²) in [6.45, 7) is 2.12. The van der Waals surface area contributed by atoms with Gasteiger partial charge in [0.15, 0.2) is 11.6 Å². The molecule has 8 aromatic carbocycles. The van der Waals surface area contributed by atoms with Crippen LogP contribution in [0.15, 0.2) is 218 Å². The Morgan fingerprint density at radius 3 is 1.27 bits per heavy atom. The van der Waals surface area contributed by atoms with Crippen molar-refractivity contribution in [3.63, 3.8) is 0 Å². The lowest BCUT2D eigenvalue weighted by Crippen LogP contribution is -2.03. The zero-order valence-electron chi connectivity index (χ0n) is 34.0. The van der Waals surface area contributed by atoms with Gasteiger partial charge in [-0.15, -0.1) is 0 Å². The highest BCUT2D eigenvalue weighted by Gasteiger charge is 2.21. The molecule has 5 nitrogen and oxygen atoms in total. The number of fused-ring (bicyclic) bond motifs is 3. The molecule has 3 aromatic heterocycles. The van der Waals surface area contributed by atoms with Crippen molar-refractivity contribution in [2.24, 2.45) is 0 Å². The third-order valence-corrected chi connectivity index (χ3v) is 11.5. The fourth-order valence-electron chi connectivity index (χ4n) is 8.38. The van der Waals surface area contributed by atoms with Gasteiger partial charge in [-0.05, 0) is 60.5 Å². The van der Waals surface area contributed by atoms with Crippen LogP contribution in [0.5, 0.6) is 0 Å². The normalized spacial score (nSPS) is 11.3. The Labute approximate surface area is 360 Å². The van der Waals surface area contributed by atoms with Crippen molar-refractivity contribution in [3.05, 3.63) is 224 Å². The van der Waals surface area contributed by atoms with Crippen LogP contribution in [0.4, 0.5) is 0 Å². The van der Waals surface area contributed by atoms with Gasteiger partial charge in [-0.2, -0.15) is 0 Å². The lowest BCUT2D eigenvalue weighted by Gasteiger charge is -2.17. The van der Waals surface area contributed by atoms with Gasteiger partial charge in [0.05, 0.1) is 39.5 Å². The van der Waals surface area contributed by atoms with Crippen molar-refractivity contribution >= 4 is 21.8 Å².